The molecule has 0 spiro atoms. The van der Waals surface area contributed by atoms with Crippen molar-refractivity contribution >= 4 is 11.3 Å². The predicted octanol–water partition coefficient (Wildman–Crippen LogP) is 3.93. The molecule has 1 nitrogen and oxygen atoms in total. The maximum atomic E-state index is 3.96. The summed E-state index contributed by atoms with van der Waals surface area (Å²) >= 11 is 1.87. The first kappa shape index (κ1) is 12.5. The van der Waals surface area contributed by atoms with E-state index in [4.69, 9.17) is 0 Å². The van der Waals surface area contributed by atoms with Gasteiger partial charge in [-0.1, -0.05) is 12.5 Å². The van der Waals surface area contributed by atoms with E-state index >= 15 is 0 Å². The van der Waals surface area contributed by atoms with E-state index in [2.05, 4.69) is 37.2 Å². The van der Waals surface area contributed by atoms with Crippen LogP contribution in [0.5, 0.6) is 0 Å². The van der Waals surface area contributed by atoms with Crippen LogP contribution in [0.1, 0.15) is 43.2 Å². The molecule has 0 fully saturated rings. The third-order valence-electron chi connectivity index (χ3n) is 2.69. The van der Waals surface area contributed by atoms with Gasteiger partial charge in [-0.25, -0.2) is 0 Å². The molecule has 1 unspecified atom stereocenters. The molecule has 15 heavy (non-hydrogen) atoms. The second kappa shape index (κ2) is 6.09. The van der Waals surface area contributed by atoms with E-state index in [1.807, 2.05) is 18.4 Å². The Morgan fingerprint density at radius 3 is 2.87 bits per heavy atom. The highest BCUT2D eigenvalue weighted by Gasteiger charge is 2.13. The van der Waals surface area contributed by atoms with Gasteiger partial charge in [-0.15, -0.1) is 17.9 Å². The second-order valence-corrected chi connectivity index (χ2v) is 4.95. The predicted molar refractivity (Wildman–Crippen MR) is 69.5 cm³/mol. The lowest BCUT2D eigenvalue weighted by Crippen LogP contribution is -2.16. The van der Waals surface area contributed by atoms with Gasteiger partial charge in [0.05, 0.1) is 0 Å². The van der Waals surface area contributed by atoms with Crippen molar-refractivity contribution in [2.75, 3.05) is 7.05 Å². The molecule has 1 rings (SSSR count). The van der Waals surface area contributed by atoms with Crippen LogP contribution in [0, 0.1) is 0 Å². The fraction of sp³-hybridized carbons (Fsp3) is 0.538. The number of allylic oxidation sites excluding steroid dienone is 1. The lowest BCUT2D eigenvalue weighted by Gasteiger charge is -2.16. The third-order valence-corrected chi connectivity index (χ3v) is 3.76. The molecule has 2 heteroatoms. The minimum absolute atomic E-state index is 0.497. The molecule has 0 aliphatic rings. The van der Waals surface area contributed by atoms with Gasteiger partial charge in [0.15, 0.2) is 0 Å². The molecule has 1 heterocycles. The Balaban J connectivity index is 2.69. The Morgan fingerprint density at radius 2 is 2.33 bits per heavy atom. The molecule has 1 aromatic heterocycles. The number of thiophene rings is 1. The zero-order valence-corrected chi connectivity index (χ0v) is 10.8. The molecule has 0 saturated heterocycles. The normalized spacial score (nSPS) is 12.7. The summed E-state index contributed by atoms with van der Waals surface area (Å²) < 4.78 is 0. The summed E-state index contributed by atoms with van der Waals surface area (Å²) in [6, 6.07) is 2.74. The largest absolute Gasteiger partial charge is 0.312 e. The molecule has 0 saturated carbocycles. The lowest BCUT2D eigenvalue weighted by atomic mass is 10.0. The van der Waals surface area contributed by atoms with Crippen molar-refractivity contribution in [2.45, 2.75) is 39.2 Å². The van der Waals surface area contributed by atoms with Gasteiger partial charge in [0.1, 0.15) is 0 Å². The molecule has 84 valence electrons. The number of aryl methyl sites for hydroxylation is 1. The van der Waals surface area contributed by atoms with Crippen LogP contribution in [-0.4, -0.2) is 7.05 Å². The Hall–Kier alpha value is -0.600. The summed E-state index contributed by atoms with van der Waals surface area (Å²) in [5.74, 6) is 0. The van der Waals surface area contributed by atoms with Gasteiger partial charge in [-0.3, -0.25) is 0 Å². The highest BCUT2D eigenvalue weighted by Crippen LogP contribution is 2.28. The van der Waals surface area contributed by atoms with Crippen LogP contribution >= 0.6 is 11.3 Å². The summed E-state index contributed by atoms with van der Waals surface area (Å²) in [6.45, 7) is 8.28. The molecule has 0 radical (unpaired) electrons. The highest BCUT2D eigenvalue weighted by atomic mass is 32.1. The van der Waals surface area contributed by atoms with Crippen LogP contribution in [0.4, 0.5) is 0 Å². The Morgan fingerprint density at radius 1 is 1.60 bits per heavy atom. The van der Waals surface area contributed by atoms with Crippen molar-refractivity contribution in [3.63, 3.8) is 0 Å². The van der Waals surface area contributed by atoms with Crippen LogP contribution in [0.3, 0.4) is 0 Å². The van der Waals surface area contributed by atoms with Gasteiger partial charge in [0.2, 0.25) is 0 Å². The molecular weight excluding hydrogens is 202 g/mol. The zero-order chi connectivity index (χ0) is 11.3. The second-order valence-electron chi connectivity index (χ2n) is 4.00. The molecule has 1 aromatic rings. The summed E-state index contributed by atoms with van der Waals surface area (Å²) in [4.78, 5) is 1.50. The van der Waals surface area contributed by atoms with Crippen LogP contribution in [0.25, 0.3) is 0 Å². The van der Waals surface area contributed by atoms with Crippen LogP contribution in [-0.2, 0) is 6.42 Å². The molecule has 0 bridgehead atoms. The Bertz CT molecular complexity index is 314. The fourth-order valence-corrected chi connectivity index (χ4v) is 2.89. The summed E-state index contributed by atoms with van der Waals surface area (Å²) in [5.41, 5.74) is 2.76. The van der Waals surface area contributed by atoms with E-state index in [1.165, 1.54) is 16.0 Å². The monoisotopic (exact) mass is 223 g/mol. The maximum Gasteiger partial charge on any atom is 0.0418 e. The Kier molecular flexibility index (Phi) is 5.06. The van der Waals surface area contributed by atoms with Crippen LogP contribution in [0.2, 0.25) is 0 Å². The van der Waals surface area contributed by atoms with Gasteiger partial charge < -0.3 is 5.32 Å². The molecule has 1 N–H and O–H groups in total. The highest BCUT2D eigenvalue weighted by molar-refractivity contribution is 7.10. The van der Waals surface area contributed by atoms with Gasteiger partial charge in [-0.05, 0) is 50.2 Å². The first-order valence-electron chi connectivity index (χ1n) is 5.57. The molecule has 0 aromatic carbocycles. The third kappa shape index (κ3) is 3.47. The van der Waals surface area contributed by atoms with Gasteiger partial charge in [0, 0.05) is 10.9 Å². The SMILES string of the molecule is C=C(C)CCC(NC)c1sccc1CC. The molecule has 1 atom stereocenters. The average molecular weight is 223 g/mol. The van der Waals surface area contributed by atoms with E-state index < -0.39 is 0 Å². The zero-order valence-electron chi connectivity index (χ0n) is 9.97. The van der Waals surface area contributed by atoms with Crippen molar-refractivity contribution in [3.05, 3.63) is 34.0 Å². The van der Waals surface area contributed by atoms with E-state index in [0.717, 1.165) is 19.3 Å². The maximum absolute atomic E-state index is 3.96. The van der Waals surface area contributed by atoms with Crippen molar-refractivity contribution < 1.29 is 0 Å². The molecule has 0 amide bonds. The number of rotatable bonds is 6. The number of nitrogens with one attached hydrogen (secondary N) is 1. The summed E-state index contributed by atoms with van der Waals surface area (Å²) in [7, 11) is 2.04. The lowest BCUT2D eigenvalue weighted by molar-refractivity contribution is 0.553. The number of hydrogen-bond acceptors (Lipinski definition) is 2. The minimum atomic E-state index is 0.497. The molecule has 0 aliphatic heterocycles. The quantitative estimate of drug-likeness (QED) is 0.721. The van der Waals surface area contributed by atoms with Crippen molar-refractivity contribution in [3.8, 4) is 0 Å². The first-order chi connectivity index (χ1) is 7.19. The van der Waals surface area contributed by atoms with Gasteiger partial charge in [-0.2, -0.15) is 0 Å². The first-order valence-corrected chi connectivity index (χ1v) is 6.44. The van der Waals surface area contributed by atoms with Crippen LogP contribution in [0.15, 0.2) is 23.6 Å². The molecular formula is C13H21NS. The van der Waals surface area contributed by atoms with E-state index in [1.54, 1.807) is 0 Å². The van der Waals surface area contributed by atoms with E-state index in [0.29, 0.717) is 6.04 Å². The Labute approximate surface area is 97.2 Å². The fourth-order valence-electron chi connectivity index (χ4n) is 1.74. The smallest absolute Gasteiger partial charge is 0.0418 e. The van der Waals surface area contributed by atoms with Crippen molar-refractivity contribution in [1.29, 1.82) is 0 Å². The standard InChI is InChI=1S/C13H21NS/c1-5-11-8-9-15-13(11)12(14-4)7-6-10(2)3/h8-9,12,14H,2,5-7H2,1,3-4H3. The van der Waals surface area contributed by atoms with Gasteiger partial charge in [0.25, 0.3) is 0 Å². The van der Waals surface area contributed by atoms with E-state index in [-0.39, 0.29) is 0 Å². The number of hydrogen-bond donors (Lipinski definition) is 1. The summed E-state index contributed by atoms with van der Waals surface area (Å²) in [5, 5.41) is 5.60. The minimum Gasteiger partial charge on any atom is -0.312 e. The average Bonchev–Trinajstić information content (AvgIpc) is 2.66. The van der Waals surface area contributed by atoms with Gasteiger partial charge >= 0.3 is 0 Å². The molecule has 0 aliphatic carbocycles. The van der Waals surface area contributed by atoms with Crippen molar-refractivity contribution in [2.24, 2.45) is 0 Å². The van der Waals surface area contributed by atoms with Crippen molar-refractivity contribution in [1.82, 2.24) is 5.32 Å². The van der Waals surface area contributed by atoms with E-state index in [9.17, 15) is 0 Å². The topological polar surface area (TPSA) is 12.0 Å². The van der Waals surface area contributed by atoms with Crippen LogP contribution < -0.4 is 5.32 Å². The summed E-state index contributed by atoms with van der Waals surface area (Å²) in [6.07, 6.45) is 3.38.